The van der Waals surface area contributed by atoms with E-state index in [0.717, 1.165) is 13.1 Å². The second kappa shape index (κ2) is 3.38. The molecule has 15 heavy (non-hydrogen) atoms. The molecule has 1 fully saturated rings. The first-order valence-corrected chi connectivity index (χ1v) is 5.63. The van der Waals surface area contributed by atoms with Crippen LogP contribution in [-0.2, 0) is 0 Å². The topological polar surface area (TPSA) is 27.8 Å². The van der Waals surface area contributed by atoms with Crippen molar-refractivity contribution in [3.63, 3.8) is 0 Å². The minimum absolute atomic E-state index is 0.695. The van der Waals surface area contributed by atoms with Crippen molar-refractivity contribution in [2.75, 3.05) is 13.1 Å². The smallest absolute Gasteiger partial charge is 0.0486 e. The van der Waals surface area contributed by atoms with Crippen LogP contribution in [0.4, 0.5) is 0 Å². The first-order valence-electron chi connectivity index (χ1n) is 5.63. The SMILES string of the molecule is Cc1cccc2c(C3CCNC3)c[nH]c12. The number of H-pyrrole nitrogens is 1. The lowest BCUT2D eigenvalue weighted by atomic mass is 9.97. The predicted molar refractivity (Wildman–Crippen MR) is 63.3 cm³/mol. The quantitative estimate of drug-likeness (QED) is 0.727. The molecule has 0 spiro atoms. The number of aryl methyl sites for hydroxylation is 1. The summed E-state index contributed by atoms with van der Waals surface area (Å²) in [5, 5.41) is 4.83. The molecule has 0 aliphatic carbocycles. The fraction of sp³-hybridized carbons (Fsp3) is 0.385. The van der Waals surface area contributed by atoms with Crippen LogP contribution >= 0.6 is 0 Å². The van der Waals surface area contributed by atoms with Gasteiger partial charge in [-0.05, 0) is 36.9 Å². The van der Waals surface area contributed by atoms with Crippen LogP contribution in [0.3, 0.4) is 0 Å². The number of hydrogen-bond acceptors (Lipinski definition) is 1. The second-order valence-corrected chi connectivity index (χ2v) is 4.43. The Labute approximate surface area is 89.7 Å². The van der Waals surface area contributed by atoms with E-state index in [4.69, 9.17) is 0 Å². The van der Waals surface area contributed by atoms with Crippen molar-refractivity contribution < 1.29 is 0 Å². The van der Waals surface area contributed by atoms with Gasteiger partial charge in [-0.3, -0.25) is 0 Å². The molecular weight excluding hydrogens is 184 g/mol. The van der Waals surface area contributed by atoms with Crippen LogP contribution in [0.5, 0.6) is 0 Å². The average Bonchev–Trinajstić information content (AvgIpc) is 2.85. The summed E-state index contributed by atoms with van der Waals surface area (Å²) >= 11 is 0. The molecule has 2 heterocycles. The van der Waals surface area contributed by atoms with E-state index in [-0.39, 0.29) is 0 Å². The Morgan fingerprint density at radius 2 is 2.27 bits per heavy atom. The summed E-state index contributed by atoms with van der Waals surface area (Å²) < 4.78 is 0. The Hall–Kier alpha value is -1.28. The molecule has 0 amide bonds. The molecule has 2 heteroatoms. The van der Waals surface area contributed by atoms with Crippen molar-refractivity contribution >= 4 is 10.9 Å². The number of hydrogen-bond donors (Lipinski definition) is 2. The molecule has 1 aliphatic rings. The molecule has 0 bridgehead atoms. The molecular formula is C13H16N2. The van der Waals surface area contributed by atoms with Crippen LogP contribution in [0.2, 0.25) is 0 Å². The third-order valence-electron chi connectivity index (χ3n) is 3.46. The number of aromatic nitrogens is 1. The number of aromatic amines is 1. The zero-order valence-electron chi connectivity index (χ0n) is 9.01. The lowest BCUT2D eigenvalue weighted by molar-refractivity contribution is 0.769. The number of rotatable bonds is 1. The predicted octanol–water partition coefficient (Wildman–Crippen LogP) is 2.55. The highest BCUT2D eigenvalue weighted by molar-refractivity contribution is 5.86. The van der Waals surface area contributed by atoms with Crippen LogP contribution in [0.25, 0.3) is 10.9 Å². The molecule has 0 radical (unpaired) electrons. The molecule has 0 saturated carbocycles. The highest BCUT2D eigenvalue weighted by Gasteiger charge is 2.19. The van der Waals surface area contributed by atoms with Gasteiger partial charge in [0.2, 0.25) is 0 Å². The van der Waals surface area contributed by atoms with Gasteiger partial charge in [0.1, 0.15) is 0 Å². The van der Waals surface area contributed by atoms with Crippen LogP contribution < -0.4 is 5.32 Å². The van der Waals surface area contributed by atoms with Crippen molar-refractivity contribution in [2.45, 2.75) is 19.3 Å². The van der Waals surface area contributed by atoms with Gasteiger partial charge in [0.25, 0.3) is 0 Å². The number of fused-ring (bicyclic) bond motifs is 1. The summed E-state index contributed by atoms with van der Waals surface area (Å²) in [4.78, 5) is 3.41. The van der Waals surface area contributed by atoms with Gasteiger partial charge in [0.05, 0.1) is 0 Å². The Morgan fingerprint density at radius 3 is 3.07 bits per heavy atom. The fourth-order valence-electron chi connectivity index (χ4n) is 2.59. The molecule has 1 saturated heterocycles. The molecule has 2 N–H and O–H groups in total. The largest absolute Gasteiger partial charge is 0.361 e. The maximum Gasteiger partial charge on any atom is 0.0486 e. The molecule has 78 valence electrons. The summed E-state index contributed by atoms with van der Waals surface area (Å²) in [5.41, 5.74) is 4.13. The number of benzene rings is 1. The van der Waals surface area contributed by atoms with Crippen molar-refractivity contribution in [1.82, 2.24) is 10.3 Å². The standard InChI is InChI=1S/C13H16N2/c1-9-3-2-4-11-12(8-15-13(9)11)10-5-6-14-7-10/h2-4,8,10,14-15H,5-7H2,1H3. The number of para-hydroxylation sites is 1. The van der Waals surface area contributed by atoms with E-state index in [1.807, 2.05) is 0 Å². The second-order valence-electron chi connectivity index (χ2n) is 4.43. The van der Waals surface area contributed by atoms with E-state index in [1.165, 1.54) is 28.5 Å². The molecule has 1 aromatic heterocycles. The van der Waals surface area contributed by atoms with Crippen molar-refractivity contribution in [3.8, 4) is 0 Å². The molecule has 2 aromatic rings. The van der Waals surface area contributed by atoms with Gasteiger partial charge in [-0.15, -0.1) is 0 Å². The van der Waals surface area contributed by atoms with E-state index in [9.17, 15) is 0 Å². The summed E-state index contributed by atoms with van der Waals surface area (Å²) in [6, 6.07) is 6.54. The van der Waals surface area contributed by atoms with Crippen LogP contribution in [0.1, 0.15) is 23.5 Å². The maximum absolute atomic E-state index is 3.43. The summed E-state index contributed by atoms with van der Waals surface area (Å²) in [5.74, 6) is 0.695. The highest BCUT2D eigenvalue weighted by atomic mass is 14.9. The third kappa shape index (κ3) is 1.37. The molecule has 1 unspecified atom stereocenters. The zero-order chi connectivity index (χ0) is 10.3. The van der Waals surface area contributed by atoms with Gasteiger partial charge in [-0.2, -0.15) is 0 Å². The lowest BCUT2D eigenvalue weighted by Gasteiger charge is -2.06. The van der Waals surface area contributed by atoms with Crippen LogP contribution in [0, 0.1) is 6.92 Å². The van der Waals surface area contributed by atoms with Gasteiger partial charge >= 0.3 is 0 Å². The zero-order valence-corrected chi connectivity index (χ0v) is 9.01. The first kappa shape index (κ1) is 8.98. The Morgan fingerprint density at radius 1 is 1.33 bits per heavy atom. The van der Waals surface area contributed by atoms with E-state index >= 15 is 0 Å². The van der Waals surface area contributed by atoms with E-state index < -0.39 is 0 Å². The van der Waals surface area contributed by atoms with Crippen LogP contribution in [0.15, 0.2) is 24.4 Å². The van der Waals surface area contributed by atoms with Gasteiger partial charge in [0.15, 0.2) is 0 Å². The Kier molecular flexibility index (Phi) is 2.03. The Balaban J connectivity index is 2.15. The molecule has 3 rings (SSSR count). The third-order valence-corrected chi connectivity index (χ3v) is 3.46. The van der Waals surface area contributed by atoms with Crippen molar-refractivity contribution in [1.29, 1.82) is 0 Å². The van der Waals surface area contributed by atoms with Crippen molar-refractivity contribution in [2.24, 2.45) is 0 Å². The normalized spacial score (nSPS) is 21.3. The van der Waals surface area contributed by atoms with Gasteiger partial charge in [-0.25, -0.2) is 0 Å². The summed E-state index contributed by atoms with van der Waals surface area (Å²) in [6.45, 7) is 4.44. The summed E-state index contributed by atoms with van der Waals surface area (Å²) in [6.07, 6.45) is 3.45. The molecule has 1 aromatic carbocycles. The maximum atomic E-state index is 3.43. The van der Waals surface area contributed by atoms with E-state index in [2.05, 4.69) is 41.6 Å². The minimum Gasteiger partial charge on any atom is -0.361 e. The summed E-state index contributed by atoms with van der Waals surface area (Å²) in [7, 11) is 0. The Bertz CT molecular complexity index is 478. The average molecular weight is 200 g/mol. The molecule has 1 aliphatic heterocycles. The monoisotopic (exact) mass is 200 g/mol. The first-order chi connectivity index (χ1) is 7.36. The van der Waals surface area contributed by atoms with Crippen molar-refractivity contribution in [3.05, 3.63) is 35.5 Å². The minimum atomic E-state index is 0.695. The van der Waals surface area contributed by atoms with Crippen LogP contribution in [-0.4, -0.2) is 18.1 Å². The fourth-order valence-corrected chi connectivity index (χ4v) is 2.59. The van der Waals surface area contributed by atoms with E-state index in [1.54, 1.807) is 0 Å². The lowest BCUT2D eigenvalue weighted by Crippen LogP contribution is -2.07. The van der Waals surface area contributed by atoms with Gasteiger partial charge in [-0.1, -0.05) is 18.2 Å². The van der Waals surface area contributed by atoms with E-state index in [0.29, 0.717) is 5.92 Å². The van der Waals surface area contributed by atoms with Gasteiger partial charge in [0, 0.05) is 23.6 Å². The molecule has 2 nitrogen and oxygen atoms in total. The van der Waals surface area contributed by atoms with Gasteiger partial charge < -0.3 is 10.3 Å². The number of nitrogens with one attached hydrogen (secondary N) is 2. The molecule has 1 atom stereocenters. The highest BCUT2D eigenvalue weighted by Crippen LogP contribution is 2.30.